The lowest BCUT2D eigenvalue weighted by molar-refractivity contribution is -0.172. The number of aryl methyl sites for hydroxylation is 2. The van der Waals surface area contributed by atoms with Gasteiger partial charge >= 0.3 is 6.18 Å². The van der Waals surface area contributed by atoms with Crippen molar-refractivity contribution in [1.29, 1.82) is 0 Å². The molecule has 22 heavy (non-hydrogen) atoms. The summed E-state index contributed by atoms with van der Waals surface area (Å²) < 4.78 is 41.8. The summed E-state index contributed by atoms with van der Waals surface area (Å²) in [7, 11) is 1.66. The molecule has 3 rings (SSSR count). The third-order valence-electron chi connectivity index (χ3n) is 3.69. The van der Waals surface area contributed by atoms with Gasteiger partial charge in [0.15, 0.2) is 6.04 Å². The van der Waals surface area contributed by atoms with E-state index in [2.05, 4.69) is 10.1 Å². The molecule has 2 aromatic rings. The summed E-state index contributed by atoms with van der Waals surface area (Å²) in [5.74, 6) is -0.223. The molecule has 9 heteroatoms. The minimum atomic E-state index is -4.39. The molecular formula is C13H14F3N5O. The fourth-order valence-corrected chi connectivity index (χ4v) is 2.63. The highest BCUT2D eigenvalue weighted by Crippen LogP contribution is 2.39. The van der Waals surface area contributed by atoms with Crippen LogP contribution in [-0.2, 0) is 7.05 Å². The third-order valence-corrected chi connectivity index (χ3v) is 3.69. The second-order valence-electron chi connectivity index (χ2n) is 5.28. The zero-order valence-electron chi connectivity index (χ0n) is 12.0. The Morgan fingerprint density at radius 1 is 1.41 bits per heavy atom. The van der Waals surface area contributed by atoms with Gasteiger partial charge in [0.05, 0.1) is 18.2 Å². The Balaban J connectivity index is 2.02. The number of anilines is 1. The quantitative estimate of drug-likeness (QED) is 0.810. The molecule has 0 saturated carbocycles. The van der Waals surface area contributed by atoms with E-state index < -0.39 is 12.2 Å². The minimum Gasteiger partial charge on any atom is -0.330 e. The highest BCUT2D eigenvalue weighted by atomic mass is 19.4. The highest BCUT2D eigenvalue weighted by Gasteiger charge is 2.46. The lowest BCUT2D eigenvalue weighted by Crippen LogP contribution is -2.43. The minimum absolute atomic E-state index is 0.0146. The van der Waals surface area contributed by atoms with Crippen LogP contribution in [0.5, 0.6) is 0 Å². The number of carbonyl (C=O) groups is 1. The Morgan fingerprint density at radius 2 is 2.14 bits per heavy atom. The van der Waals surface area contributed by atoms with Crippen molar-refractivity contribution in [2.75, 3.05) is 11.4 Å². The summed E-state index contributed by atoms with van der Waals surface area (Å²) in [6, 6.07) is -0.210. The van der Waals surface area contributed by atoms with Gasteiger partial charge in [0, 0.05) is 19.7 Å². The van der Waals surface area contributed by atoms with Gasteiger partial charge in [-0.1, -0.05) is 0 Å². The standard InChI is InChI=1S/C13H14F3N5O/c1-8-5-11-20(12(22)9-6-17-7-19(9)2)4-3-10(13(14,15)16)21(11)18-8/h5-7,10H,3-4H2,1-2H3. The molecule has 1 aliphatic heterocycles. The first kappa shape index (κ1) is 14.6. The van der Waals surface area contributed by atoms with Crippen LogP contribution in [0.2, 0.25) is 0 Å². The summed E-state index contributed by atoms with van der Waals surface area (Å²) in [5.41, 5.74) is 0.754. The van der Waals surface area contributed by atoms with E-state index >= 15 is 0 Å². The summed E-state index contributed by atoms with van der Waals surface area (Å²) in [5, 5.41) is 3.92. The van der Waals surface area contributed by atoms with Crippen LogP contribution in [-0.4, -0.2) is 38.0 Å². The van der Waals surface area contributed by atoms with Crippen LogP contribution in [0.15, 0.2) is 18.6 Å². The SMILES string of the molecule is Cc1cc2n(n1)C(C(F)(F)F)CCN2C(=O)c1cncn1C. The van der Waals surface area contributed by atoms with Crippen molar-refractivity contribution in [2.45, 2.75) is 25.6 Å². The van der Waals surface area contributed by atoms with Gasteiger partial charge in [0.2, 0.25) is 0 Å². The molecule has 1 unspecified atom stereocenters. The molecule has 1 aliphatic rings. The molecule has 0 radical (unpaired) electrons. The normalized spacial score (nSPS) is 18.4. The monoisotopic (exact) mass is 313 g/mol. The van der Waals surface area contributed by atoms with Crippen molar-refractivity contribution in [3.63, 3.8) is 0 Å². The Morgan fingerprint density at radius 3 is 2.73 bits per heavy atom. The van der Waals surface area contributed by atoms with Crippen molar-refractivity contribution >= 4 is 11.7 Å². The summed E-state index contributed by atoms with van der Waals surface area (Å²) >= 11 is 0. The largest absolute Gasteiger partial charge is 0.410 e. The van der Waals surface area contributed by atoms with Gasteiger partial charge in [-0.25, -0.2) is 9.67 Å². The van der Waals surface area contributed by atoms with Crippen LogP contribution in [0.3, 0.4) is 0 Å². The first-order chi connectivity index (χ1) is 10.3. The summed E-state index contributed by atoms with van der Waals surface area (Å²) in [4.78, 5) is 17.7. The maximum absolute atomic E-state index is 13.1. The van der Waals surface area contributed by atoms with Crippen molar-refractivity contribution in [3.8, 4) is 0 Å². The fraction of sp³-hybridized carbons (Fsp3) is 0.462. The zero-order chi connectivity index (χ0) is 16.1. The van der Waals surface area contributed by atoms with E-state index in [1.54, 1.807) is 14.0 Å². The number of alkyl halides is 3. The van der Waals surface area contributed by atoms with Crippen molar-refractivity contribution in [3.05, 3.63) is 30.0 Å². The van der Waals surface area contributed by atoms with Gasteiger partial charge in [0.25, 0.3) is 5.91 Å². The summed E-state index contributed by atoms with van der Waals surface area (Å²) in [6.45, 7) is 1.59. The van der Waals surface area contributed by atoms with Gasteiger partial charge in [-0.15, -0.1) is 0 Å². The number of imidazole rings is 1. The van der Waals surface area contributed by atoms with Crippen LogP contribution in [0, 0.1) is 6.92 Å². The van der Waals surface area contributed by atoms with Crippen LogP contribution >= 0.6 is 0 Å². The average Bonchev–Trinajstić information content (AvgIpc) is 3.00. The lowest BCUT2D eigenvalue weighted by Gasteiger charge is -2.33. The van der Waals surface area contributed by atoms with Crippen LogP contribution in [0.1, 0.15) is 28.6 Å². The van der Waals surface area contributed by atoms with E-state index in [-0.39, 0.29) is 24.7 Å². The Labute approximate surface area is 124 Å². The molecule has 1 amide bonds. The van der Waals surface area contributed by atoms with Crippen LogP contribution in [0.4, 0.5) is 19.0 Å². The van der Waals surface area contributed by atoms with Gasteiger partial charge in [-0.05, 0) is 13.3 Å². The van der Waals surface area contributed by atoms with E-state index in [1.807, 2.05) is 0 Å². The van der Waals surface area contributed by atoms with E-state index in [0.29, 0.717) is 11.4 Å². The van der Waals surface area contributed by atoms with Crippen molar-refractivity contribution in [1.82, 2.24) is 19.3 Å². The molecule has 0 aliphatic carbocycles. The fourth-order valence-electron chi connectivity index (χ4n) is 2.63. The number of rotatable bonds is 1. The maximum atomic E-state index is 13.1. The molecule has 0 bridgehead atoms. The molecule has 0 saturated heterocycles. The van der Waals surface area contributed by atoms with E-state index in [1.165, 1.54) is 28.1 Å². The number of nitrogens with zero attached hydrogens (tertiary/aromatic N) is 5. The van der Waals surface area contributed by atoms with E-state index in [9.17, 15) is 18.0 Å². The van der Waals surface area contributed by atoms with Gasteiger partial charge in [0.1, 0.15) is 11.5 Å². The number of carbonyl (C=O) groups excluding carboxylic acids is 1. The lowest BCUT2D eigenvalue weighted by atomic mass is 10.1. The molecule has 3 heterocycles. The Hall–Kier alpha value is -2.32. The third kappa shape index (κ3) is 2.26. The van der Waals surface area contributed by atoms with Crippen molar-refractivity contribution < 1.29 is 18.0 Å². The second kappa shape index (κ2) is 4.85. The van der Waals surface area contributed by atoms with Gasteiger partial charge in [-0.2, -0.15) is 18.3 Å². The van der Waals surface area contributed by atoms with Gasteiger partial charge in [-0.3, -0.25) is 9.69 Å². The average molecular weight is 313 g/mol. The van der Waals surface area contributed by atoms with Crippen molar-refractivity contribution in [2.24, 2.45) is 7.05 Å². The summed E-state index contributed by atoms with van der Waals surface area (Å²) in [6.07, 6.45) is -1.75. The topological polar surface area (TPSA) is 56.0 Å². The van der Waals surface area contributed by atoms with Crippen LogP contribution in [0.25, 0.3) is 0 Å². The number of amides is 1. The molecule has 0 N–H and O–H groups in total. The second-order valence-corrected chi connectivity index (χ2v) is 5.28. The first-order valence-corrected chi connectivity index (χ1v) is 6.70. The number of halogens is 3. The molecule has 0 aromatic carbocycles. The molecule has 118 valence electrons. The Bertz CT molecular complexity index is 718. The molecule has 1 atom stereocenters. The number of aromatic nitrogens is 4. The Kier molecular flexibility index (Phi) is 3.22. The van der Waals surface area contributed by atoms with Crippen LogP contribution < -0.4 is 4.90 Å². The predicted molar refractivity (Wildman–Crippen MR) is 71.6 cm³/mol. The number of hydrogen-bond acceptors (Lipinski definition) is 3. The molecular weight excluding hydrogens is 299 g/mol. The predicted octanol–water partition coefficient (Wildman–Crippen LogP) is 2.08. The van der Waals surface area contributed by atoms with E-state index in [4.69, 9.17) is 0 Å². The maximum Gasteiger partial charge on any atom is 0.410 e. The molecule has 0 fully saturated rings. The van der Waals surface area contributed by atoms with E-state index in [0.717, 1.165) is 4.68 Å². The first-order valence-electron chi connectivity index (χ1n) is 6.70. The molecule has 6 nitrogen and oxygen atoms in total. The molecule has 2 aromatic heterocycles. The highest BCUT2D eigenvalue weighted by molar-refractivity contribution is 6.04. The number of fused-ring (bicyclic) bond motifs is 1. The smallest absolute Gasteiger partial charge is 0.330 e. The zero-order valence-corrected chi connectivity index (χ0v) is 12.0. The number of hydrogen-bond donors (Lipinski definition) is 0. The molecule has 0 spiro atoms. The van der Waals surface area contributed by atoms with Gasteiger partial charge < -0.3 is 4.57 Å².